The van der Waals surface area contributed by atoms with Gasteiger partial charge in [0.15, 0.2) is 5.78 Å². The quantitative estimate of drug-likeness (QED) is 0.701. The van der Waals surface area contributed by atoms with E-state index in [1.54, 1.807) is 30.3 Å². The number of carbonyl (C=O) groups excluding carboxylic acids is 1. The molecule has 0 saturated heterocycles. The molecule has 0 radical (unpaired) electrons. The average Bonchev–Trinajstić information content (AvgIpc) is 2.83. The molecule has 1 atom stereocenters. The molecule has 0 bridgehead atoms. The Kier molecular flexibility index (Phi) is 4.85. The molecular weight excluding hydrogens is 362 g/mol. The molecule has 0 saturated carbocycles. The smallest absolute Gasteiger partial charge is 0.171 e. The van der Waals surface area contributed by atoms with Gasteiger partial charge < -0.3 is 5.11 Å². The predicted octanol–water partition coefficient (Wildman–Crippen LogP) is 5.68. The summed E-state index contributed by atoms with van der Waals surface area (Å²) in [4.78, 5) is 12.4. The second-order valence-corrected chi connectivity index (χ2v) is 6.66. The number of hydrogen-bond donors (Lipinski definition) is 1. The minimum Gasteiger partial charge on any atom is -0.512 e. The van der Waals surface area contributed by atoms with Crippen molar-refractivity contribution in [1.29, 1.82) is 0 Å². The van der Waals surface area contributed by atoms with E-state index in [0.29, 0.717) is 10.6 Å². The molecule has 126 valence electrons. The van der Waals surface area contributed by atoms with Gasteiger partial charge in [-0.05, 0) is 35.4 Å². The second-order valence-electron chi connectivity index (χ2n) is 5.82. The number of benzene rings is 2. The largest absolute Gasteiger partial charge is 0.512 e. The van der Waals surface area contributed by atoms with Gasteiger partial charge in [0.2, 0.25) is 0 Å². The Hall–Kier alpha value is -2.28. The fourth-order valence-electron chi connectivity index (χ4n) is 2.97. The summed E-state index contributed by atoms with van der Waals surface area (Å²) in [6.45, 7) is 0. The molecule has 2 aromatic rings. The van der Waals surface area contributed by atoms with E-state index in [2.05, 4.69) is 5.92 Å². The van der Waals surface area contributed by atoms with Crippen molar-refractivity contribution >= 4 is 34.6 Å². The highest BCUT2D eigenvalue weighted by molar-refractivity contribution is 6.36. The van der Waals surface area contributed by atoms with Crippen LogP contribution in [0, 0.1) is 24.1 Å². The lowest BCUT2D eigenvalue weighted by atomic mass is 9.95. The maximum atomic E-state index is 14.7. The van der Waals surface area contributed by atoms with Crippen molar-refractivity contribution in [2.45, 2.75) is 12.8 Å². The van der Waals surface area contributed by atoms with Crippen molar-refractivity contribution < 1.29 is 14.3 Å². The van der Waals surface area contributed by atoms with Gasteiger partial charge in [-0.15, -0.1) is 12.3 Å². The molecule has 2 nitrogen and oxygen atoms in total. The normalized spacial score (nSPS) is 17.0. The second kappa shape index (κ2) is 6.92. The van der Waals surface area contributed by atoms with E-state index >= 15 is 0 Å². The molecule has 1 aliphatic carbocycles. The molecule has 25 heavy (non-hydrogen) atoms. The fraction of sp³-hybridized carbons (Fsp3) is 0.150. The van der Waals surface area contributed by atoms with Gasteiger partial charge in [0.05, 0.1) is 10.6 Å². The lowest BCUT2D eigenvalue weighted by Crippen LogP contribution is -2.10. The van der Waals surface area contributed by atoms with E-state index < -0.39 is 11.7 Å². The molecule has 1 N–H and O–H groups in total. The average molecular weight is 375 g/mol. The van der Waals surface area contributed by atoms with E-state index in [4.69, 9.17) is 29.6 Å². The van der Waals surface area contributed by atoms with Crippen molar-refractivity contribution in [2.75, 3.05) is 0 Å². The summed E-state index contributed by atoms with van der Waals surface area (Å²) in [5.41, 5.74) is 1.12. The fourth-order valence-corrected chi connectivity index (χ4v) is 3.40. The maximum absolute atomic E-state index is 14.7. The molecule has 2 aromatic carbocycles. The summed E-state index contributed by atoms with van der Waals surface area (Å²) in [6, 6.07) is 9.71. The van der Waals surface area contributed by atoms with Crippen LogP contribution in [0.3, 0.4) is 0 Å². The van der Waals surface area contributed by atoms with Crippen molar-refractivity contribution in [3.8, 4) is 23.5 Å². The number of Topliss-reactive ketones (excluding diaryl/α,β-unsaturated/α-hetero) is 1. The first-order chi connectivity index (χ1) is 11.9. The van der Waals surface area contributed by atoms with E-state index in [9.17, 15) is 14.3 Å². The van der Waals surface area contributed by atoms with Crippen molar-refractivity contribution in [3.63, 3.8) is 0 Å². The number of hydrogen-bond acceptors (Lipinski definition) is 2. The zero-order valence-electron chi connectivity index (χ0n) is 13.0. The highest BCUT2D eigenvalue weighted by atomic mass is 35.5. The van der Waals surface area contributed by atoms with Crippen LogP contribution in [0.15, 0.2) is 42.2 Å². The molecular formula is C20H13Cl2FO2. The molecule has 3 rings (SSSR count). The third-order valence-electron chi connectivity index (χ3n) is 4.18. The SMILES string of the molecule is C#CCC1CC(O)=C(c2c(F)cc(-c3ccc(Cl)cc3)cc2Cl)C1=O. The van der Waals surface area contributed by atoms with Crippen LogP contribution in [0.5, 0.6) is 0 Å². The summed E-state index contributed by atoms with van der Waals surface area (Å²) >= 11 is 12.1. The summed E-state index contributed by atoms with van der Waals surface area (Å²) in [5.74, 6) is 0.638. The number of allylic oxidation sites excluding steroid dienone is 2. The zero-order valence-corrected chi connectivity index (χ0v) is 14.5. The first-order valence-electron chi connectivity index (χ1n) is 7.57. The van der Waals surface area contributed by atoms with Gasteiger partial charge in [-0.2, -0.15) is 0 Å². The van der Waals surface area contributed by atoms with Crippen molar-refractivity contribution in [2.24, 2.45) is 5.92 Å². The van der Waals surface area contributed by atoms with Crippen LogP contribution in [-0.4, -0.2) is 10.9 Å². The highest BCUT2D eigenvalue weighted by Gasteiger charge is 2.36. The standard InChI is InChI=1S/C20H13Cl2FO2/c1-2-3-12-10-17(24)19(20(12)25)18-15(22)8-13(9-16(18)23)11-4-6-14(21)7-5-11/h1,4-9,12,24H,3,10H2. The molecule has 0 amide bonds. The van der Waals surface area contributed by atoms with Crippen LogP contribution in [0.25, 0.3) is 16.7 Å². The lowest BCUT2D eigenvalue weighted by molar-refractivity contribution is -0.116. The number of halogens is 3. The topological polar surface area (TPSA) is 37.3 Å². The zero-order chi connectivity index (χ0) is 18.1. The molecule has 0 heterocycles. The van der Waals surface area contributed by atoms with Crippen molar-refractivity contribution in [3.05, 3.63) is 63.6 Å². The van der Waals surface area contributed by atoms with Crippen LogP contribution in [0.2, 0.25) is 10.0 Å². The first kappa shape index (κ1) is 17.5. The van der Waals surface area contributed by atoms with E-state index in [1.807, 2.05) is 0 Å². The highest BCUT2D eigenvalue weighted by Crippen LogP contribution is 2.40. The molecule has 0 aromatic heterocycles. The van der Waals surface area contributed by atoms with E-state index in [0.717, 1.165) is 5.56 Å². The number of carbonyl (C=O) groups is 1. The van der Waals surface area contributed by atoms with Gasteiger partial charge >= 0.3 is 0 Å². The summed E-state index contributed by atoms with van der Waals surface area (Å²) in [5, 5.41) is 10.8. The lowest BCUT2D eigenvalue weighted by Gasteiger charge is -2.11. The summed E-state index contributed by atoms with van der Waals surface area (Å²) in [7, 11) is 0. The number of terminal acetylenes is 1. The van der Waals surface area contributed by atoms with Crippen LogP contribution in [-0.2, 0) is 4.79 Å². The minimum absolute atomic E-state index is 0.0567. The Morgan fingerprint density at radius 1 is 1.20 bits per heavy atom. The predicted molar refractivity (Wildman–Crippen MR) is 98.0 cm³/mol. The Morgan fingerprint density at radius 2 is 1.88 bits per heavy atom. The maximum Gasteiger partial charge on any atom is 0.171 e. The van der Waals surface area contributed by atoms with Gasteiger partial charge in [-0.3, -0.25) is 4.79 Å². The van der Waals surface area contributed by atoms with Gasteiger partial charge in [0.1, 0.15) is 11.6 Å². The molecule has 0 aliphatic heterocycles. The summed E-state index contributed by atoms with van der Waals surface area (Å²) < 4.78 is 14.7. The molecule has 1 aliphatic rings. The Labute approximate surface area is 154 Å². The first-order valence-corrected chi connectivity index (χ1v) is 8.33. The van der Waals surface area contributed by atoms with Crippen molar-refractivity contribution in [1.82, 2.24) is 0 Å². The van der Waals surface area contributed by atoms with Gasteiger partial charge in [0, 0.05) is 29.3 Å². The van der Waals surface area contributed by atoms with E-state index in [-0.39, 0.29) is 40.5 Å². The Morgan fingerprint density at radius 3 is 2.48 bits per heavy atom. The third-order valence-corrected chi connectivity index (χ3v) is 4.73. The number of rotatable bonds is 3. The number of aliphatic hydroxyl groups is 1. The van der Waals surface area contributed by atoms with Gasteiger partial charge in [-0.1, -0.05) is 35.3 Å². The Balaban J connectivity index is 2.05. The van der Waals surface area contributed by atoms with Gasteiger partial charge in [-0.25, -0.2) is 4.39 Å². The summed E-state index contributed by atoms with van der Waals surface area (Å²) in [6.07, 6.45) is 5.54. The number of ketones is 1. The molecule has 0 fully saturated rings. The van der Waals surface area contributed by atoms with Gasteiger partial charge in [0.25, 0.3) is 0 Å². The Bertz CT molecular complexity index is 901. The van der Waals surface area contributed by atoms with E-state index in [1.165, 1.54) is 6.07 Å². The number of aliphatic hydroxyl groups excluding tert-OH is 1. The van der Waals surface area contributed by atoms with Crippen LogP contribution in [0.4, 0.5) is 4.39 Å². The molecule has 5 heteroatoms. The third kappa shape index (κ3) is 3.28. The van der Waals surface area contributed by atoms with Crippen LogP contribution in [0.1, 0.15) is 18.4 Å². The van der Waals surface area contributed by atoms with Crippen LogP contribution >= 0.6 is 23.2 Å². The molecule has 1 unspecified atom stereocenters. The monoisotopic (exact) mass is 374 g/mol. The minimum atomic E-state index is -0.672. The van der Waals surface area contributed by atoms with Crippen LogP contribution < -0.4 is 0 Å². The molecule has 0 spiro atoms.